The summed E-state index contributed by atoms with van der Waals surface area (Å²) in [6.45, 7) is 0.0708. The minimum absolute atomic E-state index is 0.0687. The molecule has 5 heterocycles. The maximum absolute atomic E-state index is 12.8. The van der Waals surface area contributed by atoms with Crippen LogP contribution in [0.25, 0.3) is 55.2 Å². The number of hydrogen-bond acceptors (Lipinski definition) is 7. The van der Waals surface area contributed by atoms with E-state index in [2.05, 4.69) is 27.5 Å². The number of hydrogen-bond donors (Lipinski definition) is 2. The molecule has 7 aromatic rings. The molecule has 0 aliphatic carbocycles. The standard InChI is InChI=1S/C40H30N6O5/c1-45-34-15-12-24(19-35(34)46(2)40(45)50)27-8-3-6-23-18-33(43-22-31(23)27)25-11-14-32(42-21-25)39(49)41-17-5-7-26-20-30-28(9-4-10-36(30)51-26)29-13-16-37(47)44-38(29)48/h3-4,6,8-12,14-15,18-22,29H,13,16-17H2,1-2H3,(H,41,49)(H,44,47,48)/t29-/m1/s1. The molecule has 11 nitrogen and oxygen atoms in total. The topological polar surface area (TPSA) is 141 Å². The van der Waals surface area contributed by atoms with Gasteiger partial charge in [-0.3, -0.25) is 38.8 Å². The molecule has 0 unspecified atom stereocenters. The lowest BCUT2D eigenvalue weighted by Gasteiger charge is -2.21. The normalized spacial score (nSPS) is 14.4. The van der Waals surface area contributed by atoms with E-state index in [0.717, 1.165) is 55.1 Å². The van der Waals surface area contributed by atoms with Crippen LogP contribution >= 0.6 is 0 Å². The van der Waals surface area contributed by atoms with Crippen LogP contribution < -0.4 is 16.3 Å². The van der Waals surface area contributed by atoms with Gasteiger partial charge in [0.25, 0.3) is 5.91 Å². The third-order valence-corrected chi connectivity index (χ3v) is 9.40. The van der Waals surface area contributed by atoms with Crippen molar-refractivity contribution >= 4 is 50.5 Å². The fourth-order valence-electron chi connectivity index (χ4n) is 6.72. The van der Waals surface area contributed by atoms with Crippen LogP contribution in [0.5, 0.6) is 0 Å². The summed E-state index contributed by atoms with van der Waals surface area (Å²) in [5.41, 5.74) is 6.77. The third kappa shape index (κ3) is 5.72. The highest BCUT2D eigenvalue weighted by atomic mass is 16.3. The molecule has 1 saturated heterocycles. The number of nitrogens with zero attached hydrogens (tertiary/aromatic N) is 4. The van der Waals surface area contributed by atoms with Crippen molar-refractivity contribution in [2.75, 3.05) is 6.54 Å². The van der Waals surface area contributed by atoms with Crippen molar-refractivity contribution in [1.29, 1.82) is 0 Å². The van der Waals surface area contributed by atoms with Gasteiger partial charge >= 0.3 is 5.69 Å². The number of aromatic nitrogens is 4. The van der Waals surface area contributed by atoms with Crippen molar-refractivity contribution in [2.24, 2.45) is 14.1 Å². The summed E-state index contributed by atoms with van der Waals surface area (Å²) >= 11 is 0. The van der Waals surface area contributed by atoms with Gasteiger partial charge in [-0.2, -0.15) is 0 Å². The number of carbonyl (C=O) groups excluding carboxylic acids is 3. The Morgan fingerprint density at radius 3 is 2.55 bits per heavy atom. The van der Waals surface area contributed by atoms with Crippen LogP contribution in [-0.2, 0) is 23.7 Å². The maximum Gasteiger partial charge on any atom is 0.328 e. The predicted octanol–water partition coefficient (Wildman–Crippen LogP) is 5.20. The van der Waals surface area contributed by atoms with Gasteiger partial charge in [0, 0.05) is 55.3 Å². The molecule has 0 radical (unpaired) electrons. The fraction of sp³-hybridized carbons (Fsp3) is 0.150. The molecule has 1 aliphatic heterocycles. The second-order valence-corrected chi connectivity index (χ2v) is 12.5. The second-order valence-electron chi connectivity index (χ2n) is 12.5. The van der Waals surface area contributed by atoms with Gasteiger partial charge in [-0.1, -0.05) is 42.3 Å². The highest BCUT2D eigenvalue weighted by Gasteiger charge is 2.29. The van der Waals surface area contributed by atoms with Crippen LogP contribution in [0.3, 0.4) is 0 Å². The van der Waals surface area contributed by atoms with Crippen LogP contribution in [0.4, 0.5) is 0 Å². The molecule has 8 rings (SSSR count). The van der Waals surface area contributed by atoms with Crippen molar-refractivity contribution in [3.05, 3.63) is 119 Å². The molecule has 1 fully saturated rings. The second kappa shape index (κ2) is 12.6. The predicted molar refractivity (Wildman–Crippen MR) is 193 cm³/mol. The summed E-state index contributed by atoms with van der Waals surface area (Å²) in [5.74, 6) is 4.86. The number of imide groups is 1. The van der Waals surface area contributed by atoms with Crippen molar-refractivity contribution in [3.63, 3.8) is 0 Å². The number of rotatable bonds is 5. The van der Waals surface area contributed by atoms with E-state index in [9.17, 15) is 19.2 Å². The monoisotopic (exact) mass is 674 g/mol. The molecular formula is C40H30N6O5. The lowest BCUT2D eigenvalue weighted by Crippen LogP contribution is -2.39. The van der Waals surface area contributed by atoms with E-state index in [4.69, 9.17) is 9.40 Å². The Bertz CT molecular complexity index is 2690. The number of pyridine rings is 2. The minimum atomic E-state index is -0.437. The zero-order valence-corrected chi connectivity index (χ0v) is 27.7. The number of fused-ring (bicyclic) bond motifs is 3. The number of carbonyl (C=O) groups is 3. The summed E-state index contributed by atoms with van der Waals surface area (Å²) in [5, 5.41) is 7.91. The van der Waals surface area contributed by atoms with Gasteiger partial charge in [0.05, 0.1) is 29.2 Å². The van der Waals surface area contributed by atoms with E-state index in [0.29, 0.717) is 17.8 Å². The highest BCUT2D eigenvalue weighted by molar-refractivity contribution is 6.03. The molecule has 0 saturated carbocycles. The number of imidazole rings is 1. The van der Waals surface area contributed by atoms with Gasteiger partial charge in [-0.15, -0.1) is 0 Å². The van der Waals surface area contributed by atoms with Crippen LogP contribution in [0, 0.1) is 11.8 Å². The van der Waals surface area contributed by atoms with Gasteiger partial charge in [0.2, 0.25) is 11.8 Å². The number of benzene rings is 3. The highest BCUT2D eigenvalue weighted by Crippen LogP contribution is 2.34. The van der Waals surface area contributed by atoms with Crippen LogP contribution in [-0.4, -0.2) is 43.4 Å². The molecule has 3 amide bonds. The van der Waals surface area contributed by atoms with E-state index < -0.39 is 5.92 Å². The zero-order valence-electron chi connectivity index (χ0n) is 27.7. The summed E-state index contributed by atoms with van der Waals surface area (Å²) in [6.07, 6.45) is 4.19. The van der Waals surface area contributed by atoms with E-state index in [1.54, 1.807) is 47.6 Å². The third-order valence-electron chi connectivity index (χ3n) is 9.40. The number of piperidine rings is 1. The van der Waals surface area contributed by atoms with Crippen LogP contribution in [0.1, 0.15) is 40.6 Å². The SMILES string of the molecule is Cn1c(=O)n(C)c2cc(-c3cccc4cc(-c5ccc(C(=O)NCC#Cc6cc7c([C@H]8CCC(=O)NC8=O)cccc7o6)nc5)ncc34)ccc21. The number of furan rings is 1. The average Bonchev–Trinajstić information content (AvgIpc) is 3.67. The van der Waals surface area contributed by atoms with Crippen molar-refractivity contribution in [2.45, 2.75) is 18.8 Å². The molecule has 11 heteroatoms. The first-order chi connectivity index (χ1) is 24.7. The molecule has 2 N–H and O–H groups in total. The minimum Gasteiger partial charge on any atom is -0.448 e. The summed E-state index contributed by atoms with van der Waals surface area (Å²) in [4.78, 5) is 58.4. The Morgan fingerprint density at radius 1 is 0.902 bits per heavy atom. The molecule has 1 aliphatic rings. The number of amides is 3. The van der Waals surface area contributed by atoms with E-state index in [1.807, 2.05) is 66.9 Å². The molecule has 51 heavy (non-hydrogen) atoms. The smallest absolute Gasteiger partial charge is 0.328 e. The number of nitrogens with one attached hydrogen (secondary N) is 2. The van der Waals surface area contributed by atoms with Crippen molar-refractivity contribution in [3.8, 4) is 34.2 Å². The van der Waals surface area contributed by atoms with Crippen LogP contribution in [0.2, 0.25) is 0 Å². The van der Waals surface area contributed by atoms with Gasteiger partial charge in [0.15, 0.2) is 5.76 Å². The molecule has 0 bridgehead atoms. The summed E-state index contributed by atoms with van der Waals surface area (Å²) < 4.78 is 9.16. The quantitative estimate of drug-likeness (QED) is 0.189. The Kier molecular flexibility index (Phi) is 7.76. The maximum atomic E-state index is 12.8. The van der Waals surface area contributed by atoms with E-state index in [-0.39, 0.29) is 42.1 Å². The Balaban J connectivity index is 0.947. The van der Waals surface area contributed by atoms with E-state index >= 15 is 0 Å². The average molecular weight is 675 g/mol. The van der Waals surface area contributed by atoms with Gasteiger partial charge in [-0.25, -0.2) is 4.79 Å². The molecule has 250 valence electrons. The molecule has 0 spiro atoms. The summed E-state index contributed by atoms with van der Waals surface area (Å²) in [6, 6.07) is 24.8. The fourth-order valence-corrected chi connectivity index (χ4v) is 6.72. The Hall–Kier alpha value is -6.80. The Morgan fingerprint density at radius 2 is 1.73 bits per heavy atom. The lowest BCUT2D eigenvalue weighted by atomic mass is 9.88. The first kappa shape index (κ1) is 31.5. The first-order valence-corrected chi connectivity index (χ1v) is 16.4. The largest absolute Gasteiger partial charge is 0.448 e. The van der Waals surface area contributed by atoms with E-state index in [1.165, 1.54) is 0 Å². The molecule has 4 aromatic heterocycles. The van der Waals surface area contributed by atoms with Gasteiger partial charge < -0.3 is 9.73 Å². The molecule has 1 atom stereocenters. The molecular weight excluding hydrogens is 644 g/mol. The lowest BCUT2D eigenvalue weighted by molar-refractivity contribution is -0.134. The van der Waals surface area contributed by atoms with Crippen molar-refractivity contribution < 1.29 is 18.8 Å². The van der Waals surface area contributed by atoms with Crippen LogP contribution in [0.15, 0.2) is 100 Å². The van der Waals surface area contributed by atoms with Gasteiger partial charge in [0.1, 0.15) is 11.3 Å². The van der Waals surface area contributed by atoms with Crippen molar-refractivity contribution in [1.82, 2.24) is 29.7 Å². The molecule has 3 aromatic carbocycles. The number of aryl methyl sites for hydroxylation is 2. The zero-order chi connectivity index (χ0) is 35.2. The Labute approximate surface area is 290 Å². The summed E-state index contributed by atoms with van der Waals surface area (Å²) in [7, 11) is 3.54. The first-order valence-electron chi connectivity index (χ1n) is 16.4. The van der Waals surface area contributed by atoms with Gasteiger partial charge in [-0.05, 0) is 70.8 Å².